The summed E-state index contributed by atoms with van der Waals surface area (Å²) in [6.45, 7) is 10.8. The third-order valence-corrected chi connectivity index (χ3v) is 17.5. The van der Waals surface area contributed by atoms with E-state index in [4.69, 9.17) is 28.9 Å². The number of para-hydroxylation sites is 1. The molecule has 5 aliphatic rings. The molecule has 11 nitrogen and oxygen atoms in total. The van der Waals surface area contributed by atoms with Gasteiger partial charge in [0, 0.05) is 89.2 Å². The first kappa shape index (κ1) is 56.1. The minimum absolute atomic E-state index is 0.0987. The van der Waals surface area contributed by atoms with Gasteiger partial charge in [-0.2, -0.15) is 0 Å². The number of ether oxygens (including phenoxy) is 4. The summed E-state index contributed by atoms with van der Waals surface area (Å²) in [5, 5.41) is 0. The number of unbranched alkanes of at least 4 members (excludes halogenated alkanes) is 3. The van der Waals surface area contributed by atoms with Crippen molar-refractivity contribution in [2.75, 3.05) is 60.4 Å². The minimum atomic E-state index is 0.0987. The van der Waals surface area contributed by atoms with E-state index >= 15 is 0 Å². The number of hydrogen-bond donors (Lipinski definition) is 2. The molecule has 0 amide bonds. The predicted octanol–water partition coefficient (Wildman–Crippen LogP) is 16.3. The van der Waals surface area contributed by atoms with Crippen molar-refractivity contribution in [1.82, 2.24) is 34.6 Å². The van der Waals surface area contributed by atoms with Crippen LogP contribution < -0.4 is 18.9 Å². The highest BCUT2D eigenvalue weighted by Gasteiger charge is 2.25. The zero-order valence-corrected chi connectivity index (χ0v) is 49.5. The summed E-state index contributed by atoms with van der Waals surface area (Å²) in [7, 11) is 6.56. The molecule has 3 saturated heterocycles. The van der Waals surface area contributed by atoms with Crippen LogP contribution >= 0.6 is 0 Å². The number of nitrogens with zero attached hydrogens (tertiary/aromatic N) is 5. The molecule has 1 atom stereocenters. The van der Waals surface area contributed by atoms with Crippen LogP contribution in [0.25, 0.3) is 90.9 Å². The normalized spacial score (nSPS) is 17.0. The third-order valence-electron chi connectivity index (χ3n) is 17.5. The zero-order valence-electron chi connectivity index (χ0n) is 49.5. The van der Waals surface area contributed by atoms with Gasteiger partial charge in [-0.05, 0) is 187 Å². The van der Waals surface area contributed by atoms with Crippen molar-refractivity contribution in [2.45, 2.75) is 122 Å². The summed E-state index contributed by atoms with van der Waals surface area (Å²) in [4.78, 5) is 26.5. The van der Waals surface area contributed by atoms with Crippen LogP contribution in [0.1, 0.15) is 120 Å². The molecule has 0 spiro atoms. The van der Waals surface area contributed by atoms with Crippen LogP contribution in [0.4, 0.5) is 0 Å². The number of aromatic amines is 2. The molecule has 11 heteroatoms. The SMILES string of the molecule is CCCCCCC(CCC)Oc1ccccc1-c1c2nc(c(-c3ccc(OC4CCN(C)CC4)cc3)c3ccc([nH]3)c(-c3ccc(OC4CCN(C)CC4)cc3)c3nc(c(-c4ccc(OC5CCN(C)CC5)cc4)c4ccc1[nH]4)C=C3)C=C2. The van der Waals surface area contributed by atoms with Crippen molar-refractivity contribution in [1.29, 1.82) is 0 Å². The standard InChI is InChI=1S/C72H83N7O4/c1-6-8-9-10-14-52(13-7-2)83-68-16-12-11-15-59(68)72-66-35-33-64(75-66)70(50-19-25-54(26-20-50)81-57-39-45-78(4)46-40-57)62-31-29-60(73-62)69(49-17-23-53(24-18-49)80-56-37-43-77(3)44-38-56)61-30-32-63(74-61)71(65-34-36-67(72)76-65)51-21-27-55(28-22-51)82-58-41-47-79(5)48-42-58/h11-12,15-36,52,56-58,73,76H,6-10,13-14,37-48H2,1-5H3. The number of nitrogens with one attached hydrogen (secondary N) is 2. The molecular weight excluding hydrogens is 1030 g/mol. The smallest absolute Gasteiger partial charge is 0.127 e. The van der Waals surface area contributed by atoms with Gasteiger partial charge in [0.05, 0.1) is 28.9 Å². The highest BCUT2D eigenvalue weighted by Crippen LogP contribution is 2.42. The summed E-state index contributed by atoms with van der Waals surface area (Å²) in [6, 6.07) is 43.3. The van der Waals surface area contributed by atoms with Crippen molar-refractivity contribution in [2.24, 2.45) is 0 Å². The lowest BCUT2D eigenvalue weighted by molar-refractivity contribution is 0.114. The Bertz CT molecular complexity index is 3490. The van der Waals surface area contributed by atoms with Gasteiger partial charge >= 0.3 is 0 Å². The molecule has 12 rings (SSSR count). The lowest BCUT2D eigenvalue weighted by Crippen LogP contribution is -2.35. The van der Waals surface area contributed by atoms with Gasteiger partial charge in [0.15, 0.2) is 0 Å². The van der Waals surface area contributed by atoms with Crippen molar-refractivity contribution >= 4 is 46.4 Å². The van der Waals surface area contributed by atoms with E-state index in [-0.39, 0.29) is 24.4 Å². The molecule has 430 valence electrons. The van der Waals surface area contributed by atoms with E-state index in [2.05, 4.69) is 205 Å². The van der Waals surface area contributed by atoms with Crippen LogP contribution in [0, 0.1) is 0 Å². The number of rotatable bonds is 19. The zero-order chi connectivity index (χ0) is 56.7. The second kappa shape index (κ2) is 26.0. The number of H-pyrrole nitrogens is 2. The van der Waals surface area contributed by atoms with Gasteiger partial charge < -0.3 is 43.6 Å². The first-order valence-electron chi connectivity index (χ1n) is 31.0. The van der Waals surface area contributed by atoms with E-state index in [9.17, 15) is 0 Å². The summed E-state index contributed by atoms with van der Waals surface area (Å²) < 4.78 is 27.0. The van der Waals surface area contributed by atoms with Crippen molar-refractivity contribution in [3.05, 3.63) is 144 Å². The van der Waals surface area contributed by atoms with Crippen molar-refractivity contribution in [3.8, 4) is 67.5 Å². The molecule has 83 heavy (non-hydrogen) atoms. The van der Waals surface area contributed by atoms with Crippen LogP contribution in [-0.4, -0.2) is 119 Å². The first-order valence-corrected chi connectivity index (χ1v) is 31.0. The fraction of sp³-hybridized carbons (Fsp3) is 0.389. The highest BCUT2D eigenvalue weighted by atomic mass is 16.5. The van der Waals surface area contributed by atoms with Crippen molar-refractivity contribution in [3.63, 3.8) is 0 Å². The molecule has 0 saturated carbocycles. The quantitative estimate of drug-likeness (QED) is 0.0766. The maximum Gasteiger partial charge on any atom is 0.127 e. The maximum atomic E-state index is 7.18. The fourth-order valence-corrected chi connectivity index (χ4v) is 12.7. The molecule has 7 aromatic rings. The Balaban J connectivity index is 1.06. The van der Waals surface area contributed by atoms with Gasteiger partial charge in [-0.3, -0.25) is 0 Å². The van der Waals surface area contributed by atoms with Crippen LogP contribution in [0.2, 0.25) is 0 Å². The molecule has 8 bridgehead atoms. The molecule has 2 N–H and O–H groups in total. The topological polar surface area (TPSA) is 104 Å². The molecule has 0 radical (unpaired) electrons. The van der Waals surface area contributed by atoms with E-state index in [1.165, 1.54) is 19.3 Å². The molecular formula is C72H83N7O4. The van der Waals surface area contributed by atoms with Gasteiger partial charge in [0.2, 0.25) is 0 Å². The summed E-state index contributed by atoms with van der Waals surface area (Å²) >= 11 is 0. The molecule has 8 heterocycles. The number of likely N-dealkylation sites (tertiary alicyclic amines) is 3. The maximum absolute atomic E-state index is 7.18. The van der Waals surface area contributed by atoms with E-state index < -0.39 is 0 Å². The Hall–Kier alpha value is -7.44. The lowest BCUT2D eigenvalue weighted by Gasteiger charge is -2.29. The number of piperidine rings is 3. The van der Waals surface area contributed by atoms with E-state index in [0.717, 1.165) is 216 Å². The van der Waals surface area contributed by atoms with Gasteiger partial charge in [0.25, 0.3) is 0 Å². The van der Waals surface area contributed by atoms with Crippen LogP contribution in [0.5, 0.6) is 23.0 Å². The molecule has 5 aliphatic heterocycles. The average molecular weight is 1110 g/mol. The van der Waals surface area contributed by atoms with Crippen LogP contribution in [-0.2, 0) is 0 Å². The van der Waals surface area contributed by atoms with E-state index in [1.807, 2.05) is 0 Å². The summed E-state index contributed by atoms with van der Waals surface area (Å²) in [5.41, 5.74) is 15.2. The Labute approximate surface area is 491 Å². The lowest BCUT2D eigenvalue weighted by atomic mass is 10.0. The Kier molecular flexibility index (Phi) is 17.6. The van der Waals surface area contributed by atoms with Gasteiger partial charge in [-0.1, -0.05) is 94.1 Å². The van der Waals surface area contributed by atoms with Crippen LogP contribution in [0.15, 0.2) is 121 Å². The fourth-order valence-electron chi connectivity index (χ4n) is 12.7. The molecule has 3 aromatic heterocycles. The number of hydrogen-bond acceptors (Lipinski definition) is 9. The van der Waals surface area contributed by atoms with Gasteiger partial charge in [-0.15, -0.1) is 0 Å². The molecule has 3 fully saturated rings. The number of aromatic nitrogens is 4. The Morgan fingerprint density at radius 2 is 0.795 bits per heavy atom. The number of benzene rings is 4. The molecule has 4 aromatic carbocycles. The van der Waals surface area contributed by atoms with Crippen molar-refractivity contribution < 1.29 is 18.9 Å². The van der Waals surface area contributed by atoms with Crippen LogP contribution in [0.3, 0.4) is 0 Å². The average Bonchev–Trinajstić information content (AvgIpc) is 4.26. The highest BCUT2D eigenvalue weighted by molar-refractivity contribution is 6.00. The first-order chi connectivity index (χ1) is 40.7. The van der Waals surface area contributed by atoms with Gasteiger partial charge in [-0.25, -0.2) is 9.97 Å². The third kappa shape index (κ3) is 13.2. The summed E-state index contributed by atoms with van der Waals surface area (Å²) in [6.07, 6.45) is 23.4. The Morgan fingerprint density at radius 1 is 0.422 bits per heavy atom. The molecule has 0 aliphatic carbocycles. The second-order valence-corrected chi connectivity index (χ2v) is 23.8. The van der Waals surface area contributed by atoms with E-state index in [0.29, 0.717) is 0 Å². The largest absolute Gasteiger partial charge is 0.490 e. The van der Waals surface area contributed by atoms with E-state index in [1.54, 1.807) is 0 Å². The van der Waals surface area contributed by atoms with Gasteiger partial charge in [0.1, 0.15) is 41.3 Å². The monoisotopic (exact) mass is 1110 g/mol. The summed E-state index contributed by atoms with van der Waals surface area (Å²) in [5.74, 6) is 3.51. The Morgan fingerprint density at radius 3 is 1.18 bits per heavy atom. The molecule has 1 unspecified atom stereocenters. The predicted molar refractivity (Wildman–Crippen MR) is 342 cm³/mol. The number of fused-ring (bicyclic) bond motifs is 8. The minimum Gasteiger partial charge on any atom is -0.490 e. The second-order valence-electron chi connectivity index (χ2n) is 23.8.